The minimum Gasteiger partial charge on any atom is -0.452 e. The average Bonchev–Trinajstić information content (AvgIpc) is 3.10. The summed E-state index contributed by atoms with van der Waals surface area (Å²) in [6.07, 6.45) is 3.77. The Kier molecular flexibility index (Phi) is 6.75. The molecule has 1 N–H and O–H groups in total. The first-order valence-corrected chi connectivity index (χ1v) is 8.70. The van der Waals surface area contributed by atoms with Crippen molar-refractivity contribution in [1.29, 1.82) is 0 Å². The fourth-order valence-electron chi connectivity index (χ4n) is 2.18. The molecule has 0 fully saturated rings. The molecule has 4 nitrogen and oxygen atoms in total. The van der Waals surface area contributed by atoms with E-state index < -0.39 is 5.97 Å². The zero-order valence-corrected chi connectivity index (χ0v) is 14.6. The first kappa shape index (κ1) is 17.9. The van der Waals surface area contributed by atoms with E-state index in [1.807, 2.05) is 55.6 Å². The van der Waals surface area contributed by atoms with Crippen molar-refractivity contribution in [1.82, 2.24) is 5.32 Å². The van der Waals surface area contributed by atoms with Crippen LogP contribution in [0.3, 0.4) is 0 Å². The number of hydrogen-bond acceptors (Lipinski definition) is 4. The third-order valence-corrected chi connectivity index (χ3v) is 4.33. The van der Waals surface area contributed by atoms with E-state index in [1.165, 1.54) is 23.0 Å². The first-order valence-electron chi connectivity index (χ1n) is 7.82. The van der Waals surface area contributed by atoms with Gasteiger partial charge in [-0.15, -0.1) is 11.3 Å². The number of carbonyl (C=O) groups excluding carboxylic acids is 2. The van der Waals surface area contributed by atoms with Crippen LogP contribution in [0.1, 0.15) is 35.4 Å². The second-order valence-electron chi connectivity index (χ2n) is 5.40. The molecule has 0 aliphatic heterocycles. The number of esters is 1. The SMILES string of the molecule is CC[C@@H](NC(=O)COC(=O)/C=C/c1cccs1)c1ccc(C)cc1. The van der Waals surface area contributed by atoms with Crippen LogP contribution in [0.4, 0.5) is 0 Å². The molecule has 0 saturated carbocycles. The molecule has 1 heterocycles. The number of nitrogens with one attached hydrogen (secondary N) is 1. The van der Waals surface area contributed by atoms with Crippen LogP contribution in [0.25, 0.3) is 6.08 Å². The first-order chi connectivity index (χ1) is 11.6. The van der Waals surface area contributed by atoms with E-state index in [9.17, 15) is 9.59 Å². The Morgan fingerprint density at radius 2 is 2.00 bits per heavy atom. The van der Waals surface area contributed by atoms with Gasteiger partial charge in [0.2, 0.25) is 0 Å². The highest BCUT2D eigenvalue weighted by molar-refractivity contribution is 7.10. The maximum Gasteiger partial charge on any atom is 0.331 e. The summed E-state index contributed by atoms with van der Waals surface area (Å²) in [7, 11) is 0. The molecule has 2 rings (SSSR count). The molecule has 0 radical (unpaired) electrons. The van der Waals surface area contributed by atoms with E-state index in [1.54, 1.807) is 6.08 Å². The Balaban J connectivity index is 1.81. The van der Waals surface area contributed by atoms with Crippen LogP contribution < -0.4 is 5.32 Å². The van der Waals surface area contributed by atoms with Gasteiger partial charge in [-0.3, -0.25) is 4.79 Å². The van der Waals surface area contributed by atoms with Gasteiger partial charge in [0, 0.05) is 11.0 Å². The summed E-state index contributed by atoms with van der Waals surface area (Å²) >= 11 is 1.53. The molecule has 0 spiro atoms. The highest BCUT2D eigenvalue weighted by Gasteiger charge is 2.13. The molecule has 1 aromatic carbocycles. The van der Waals surface area contributed by atoms with Crippen LogP contribution in [0.15, 0.2) is 47.9 Å². The van der Waals surface area contributed by atoms with Gasteiger partial charge in [-0.05, 0) is 36.4 Å². The zero-order chi connectivity index (χ0) is 17.4. The molecule has 0 bridgehead atoms. The Hall–Kier alpha value is -2.40. The number of carbonyl (C=O) groups is 2. The van der Waals surface area contributed by atoms with Gasteiger partial charge in [-0.25, -0.2) is 4.79 Å². The number of amides is 1. The van der Waals surface area contributed by atoms with Crippen LogP contribution in [0.5, 0.6) is 0 Å². The highest BCUT2D eigenvalue weighted by atomic mass is 32.1. The molecule has 0 aliphatic rings. The van der Waals surface area contributed by atoms with Gasteiger partial charge < -0.3 is 10.1 Å². The number of hydrogen-bond donors (Lipinski definition) is 1. The van der Waals surface area contributed by atoms with Crippen molar-refractivity contribution in [3.8, 4) is 0 Å². The van der Waals surface area contributed by atoms with Crippen LogP contribution in [-0.4, -0.2) is 18.5 Å². The molecule has 0 saturated heterocycles. The maximum absolute atomic E-state index is 12.0. The minimum absolute atomic E-state index is 0.0848. The molecule has 0 unspecified atom stereocenters. The monoisotopic (exact) mass is 343 g/mol. The topological polar surface area (TPSA) is 55.4 Å². The standard InChI is InChI=1S/C19H21NO3S/c1-3-17(15-8-6-14(2)7-9-15)20-18(21)13-23-19(22)11-10-16-5-4-12-24-16/h4-12,17H,3,13H2,1-2H3,(H,20,21)/b11-10+/t17-/m1/s1. The van der Waals surface area contributed by atoms with E-state index in [4.69, 9.17) is 4.74 Å². The summed E-state index contributed by atoms with van der Waals surface area (Å²) in [5.74, 6) is -0.831. The Labute approximate surface area is 146 Å². The predicted molar refractivity (Wildman–Crippen MR) is 96.7 cm³/mol. The normalized spacial score (nSPS) is 12.1. The molecule has 126 valence electrons. The fraction of sp³-hybridized carbons (Fsp3) is 0.263. The van der Waals surface area contributed by atoms with Gasteiger partial charge in [0.25, 0.3) is 5.91 Å². The summed E-state index contributed by atoms with van der Waals surface area (Å²) < 4.78 is 4.97. The smallest absolute Gasteiger partial charge is 0.331 e. The lowest BCUT2D eigenvalue weighted by Gasteiger charge is -2.17. The molecule has 1 aromatic heterocycles. The molecule has 5 heteroatoms. The molecular formula is C19H21NO3S. The van der Waals surface area contributed by atoms with Crippen LogP contribution >= 0.6 is 11.3 Å². The van der Waals surface area contributed by atoms with Crippen LogP contribution in [0.2, 0.25) is 0 Å². The van der Waals surface area contributed by atoms with Gasteiger partial charge in [-0.1, -0.05) is 42.8 Å². The van der Waals surface area contributed by atoms with E-state index in [-0.39, 0.29) is 18.6 Å². The van der Waals surface area contributed by atoms with Crippen molar-refractivity contribution in [3.63, 3.8) is 0 Å². The van der Waals surface area contributed by atoms with Crippen molar-refractivity contribution >= 4 is 29.3 Å². The average molecular weight is 343 g/mol. The Morgan fingerprint density at radius 3 is 2.62 bits per heavy atom. The number of ether oxygens (including phenoxy) is 1. The zero-order valence-electron chi connectivity index (χ0n) is 13.8. The fourth-order valence-corrected chi connectivity index (χ4v) is 2.79. The van der Waals surface area contributed by atoms with E-state index in [0.717, 1.165) is 16.9 Å². The lowest BCUT2D eigenvalue weighted by atomic mass is 10.0. The van der Waals surface area contributed by atoms with Crippen LogP contribution in [-0.2, 0) is 14.3 Å². The van der Waals surface area contributed by atoms with Crippen LogP contribution in [0, 0.1) is 6.92 Å². The quantitative estimate of drug-likeness (QED) is 0.613. The number of benzene rings is 1. The molecule has 24 heavy (non-hydrogen) atoms. The van der Waals surface area contributed by atoms with Crippen molar-refractivity contribution in [3.05, 3.63) is 63.9 Å². The minimum atomic E-state index is -0.526. The third-order valence-electron chi connectivity index (χ3n) is 3.50. The molecule has 1 amide bonds. The molecular weight excluding hydrogens is 322 g/mol. The third kappa shape index (κ3) is 5.66. The lowest BCUT2D eigenvalue weighted by Crippen LogP contribution is -2.32. The van der Waals surface area contributed by atoms with Gasteiger partial charge in [0.15, 0.2) is 6.61 Å². The summed E-state index contributed by atoms with van der Waals surface area (Å²) in [5.41, 5.74) is 2.21. The Bertz CT molecular complexity index is 690. The molecule has 1 atom stereocenters. The lowest BCUT2D eigenvalue weighted by molar-refractivity contribution is -0.144. The van der Waals surface area contributed by atoms with Gasteiger partial charge in [0.05, 0.1) is 6.04 Å². The van der Waals surface area contributed by atoms with Crippen molar-refractivity contribution < 1.29 is 14.3 Å². The van der Waals surface area contributed by atoms with E-state index in [2.05, 4.69) is 5.32 Å². The second kappa shape index (κ2) is 9.03. The number of aryl methyl sites for hydroxylation is 1. The Morgan fingerprint density at radius 1 is 1.25 bits per heavy atom. The summed E-state index contributed by atoms with van der Waals surface area (Å²) in [5, 5.41) is 4.81. The van der Waals surface area contributed by atoms with Crippen molar-refractivity contribution in [2.24, 2.45) is 0 Å². The van der Waals surface area contributed by atoms with Crippen molar-refractivity contribution in [2.45, 2.75) is 26.3 Å². The van der Waals surface area contributed by atoms with Gasteiger partial charge in [-0.2, -0.15) is 0 Å². The predicted octanol–water partition coefficient (Wildman–Crippen LogP) is 3.88. The summed E-state index contributed by atoms with van der Waals surface area (Å²) in [6.45, 7) is 3.74. The number of thiophene rings is 1. The highest BCUT2D eigenvalue weighted by Crippen LogP contribution is 2.17. The van der Waals surface area contributed by atoms with E-state index in [0.29, 0.717) is 0 Å². The number of rotatable bonds is 7. The molecule has 2 aromatic rings. The largest absolute Gasteiger partial charge is 0.452 e. The van der Waals surface area contributed by atoms with Crippen molar-refractivity contribution in [2.75, 3.05) is 6.61 Å². The summed E-state index contributed by atoms with van der Waals surface area (Å²) in [6, 6.07) is 11.7. The molecule has 0 aliphatic carbocycles. The second-order valence-corrected chi connectivity index (χ2v) is 6.37. The van der Waals surface area contributed by atoms with Gasteiger partial charge >= 0.3 is 5.97 Å². The van der Waals surface area contributed by atoms with Gasteiger partial charge in [0.1, 0.15) is 0 Å². The van der Waals surface area contributed by atoms with E-state index >= 15 is 0 Å². The summed E-state index contributed by atoms with van der Waals surface area (Å²) in [4.78, 5) is 24.6. The maximum atomic E-state index is 12.0.